The maximum atomic E-state index is 11.8. The van der Waals surface area contributed by atoms with E-state index in [0.717, 1.165) is 6.42 Å². The van der Waals surface area contributed by atoms with E-state index in [4.69, 9.17) is 4.74 Å². The van der Waals surface area contributed by atoms with Gasteiger partial charge in [-0.3, -0.25) is 4.79 Å². The van der Waals surface area contributed by atoms with Gasteiger partial charge < -0.3 is 4.74 Å². The average molecular weight is 282 g/mol. The molecule has 0 unspecified atom stereocenters. The lowest BCUT2D eigenvalue weighted by atomic mass is 10.0. The Balaban J connectivity index is 1.73. The summed E-state index contributed by atoms with van der Waals surface area (Å²) in [5, 5.41) is 0. The van der Waals surface area contributed by atoms with Crippen LogP contribution >= 0.6 is 0 Å². The maximum Gasteiger partial charge on any atom is 0.306 e. The van der Waals surface area contributed by atoms with Gasteiger partial charge in [0.2, 0.25) is 0 Å². The van der Waals surface area contributed by atoms with Crippen LogP contribution in [-0.4, -0.2) is 12.6 Å². The van der Waals surface area contributed by atoms with Gasteiger partial charge in [-0.2, -0.15) is 0 Å². The smallest absolute Gasteiger partial charge is 0.306 e. The third-order valence-electron chi connectivity index (χ3n) is 3.60. The Morgan fingerprint density at radius 1 is 1.05 bits per heavy atom. The lowest BCUT2D eigenvalue weighted by Gasteiger charge is -2.12. The summed E-state index contributed by atoms with van der Waals surface area (Å²) >= 11 is 0. The molecule has 0 aromatic heterocycles. The molecule has 2 aromatic rings. The molecule has 0 N–H and O–H groups in total. The Morgan fingerprint density at radius 2 is 1.71 bits per heavy atom. The number of hydrogen-bond donors (Lipinski definition) is 0. The highest BCUT2D eigenvalue weighted by atomic mass is 16.5. The van der Waals surface area contributed by atoms with Crippen LogP contribution in [0.4, 0.5) is 0 Å². The van der Waals surface area contributed by atoms with Crippen molar-refractivity contribution in [2.75, 3.05) is 6.61 Å². The Morgan fingerprint density at radius 3 is 2.38 bits per heavy atom. The number of rotatable bonds is 6. The first-order chi connectivity index (χ1) is 10.1. The number of esters is 1. The molecule has 0 amide bonds. The van der Waals surface area contributed by atoms with E-state index in [-0.39, 0.29) is 11.9 Å². The molecule has 2 rings (SSSR count). The van der Waals surface area contributed by atoms with Crippen molar-refractivity contribution in [2.45, 2.75) is 32.6 Å². The number of carbonyl (C=O) groups is 1. The van der Waals surface area contributed by atoms with E-state index in [1.807, 2.05) is 18.2 Å². The molecule has 2 heteroatoms. The standard InChI is InChI=1S/C19H22O2/c1-15-8-10-17(11-9-15)12-13-19(20)21-14-16(2)18-6-4-3-5-7-18/h3-11,16H,12-14H2,1-2H3/t16-/m1/s1. The second kappa shape index (κ2) is 7.63. The minimum atomic E-state index is -0.127. The lowest BCUT2D eigenvalue weighted by Crippen LogP contribution is -2.11. The molecule has 110 valence electrons. The van der Waals surface area contributed by atoms with Gasteiger partial charge in [-0.1, -0.05) is 67.1 Å². The third-order valence-corrected chi connectivity index (χ3v) is 3.60. The minimum Gasteiger partial charge on any atom is -0.465 e. The first kappa shape index (κ1) is 15.3. The minimum absolute atomic E-state index is 0.127. The first-order valence-electron chi connectivity index (χ1n) is 7.41. The summed E-state index contributed by atoms with van der Waals surface area (Å²) < 4.78 is 5.36. The van der Waals surface area contributed by atoms with E-state index in [1.54, 1.807) is 0 Å². The molecule has 0 saturated heterocycles. The molecule has 0 aliphatic carbocycles. The van der Waals surface area contributed by atoms with E-state index in [1.165, 1.54) is 16.7 Å². The molecule has 0 spiro atoms. The Bertz CT molecular complexity index is 558. The number of benzene rings is 2. The Kier molecular flexibility index (Phi) is 5.56. The number of carbonyl (C=O) groups excluding carboxylic acids is 1. The fourth-order valence-electron chi connectivity index (χ4n) is 2.17. The van der Waals surface area contributed by atoms with Gasteiger partial charge in [0.15, 0.2) is 0 Å². The Labute approximate surface area is 126 Å². The summed E-state index contributed by atoms with van der Waals surface area (Å²) in [5.41, 5.74) is 3.61. The highest BCUT2D eigenvalue weighted by molar-refractivity contribution is 5.69. The van der Waals surface area contributed by atoms with Crippen molar-refractivity contribution in [3.8, 4) is 0 Å². The molecule has 0 heterocycles. The van der Waals surface area contributed by atoms with Gasteiger partial charge in [-0.15, -0.1) is 0 Å². The SMILES string of the molecule is Cc1ccc(CCC(=O)OC[C@@H](C)c2ccccc2)cc1. The van der Waals surface area contributed by atoms with Crippen molar-refractivity contribution in [1.82, 2.24) is 0 Å². The molecule has 0 bridgehead atoms. The van der Waals surface area contributed by atoms with E-state index >= 15 is 0 Å². The van der Waals surface area contributed by atoms with E-state index < -0.39 is 0 Å². The van der Waals surface area contributed by atoms with Gasteiger partial charge in [-0.25, -0.2) is 0 Å². The lowest BCUT2D eigenvalue weighted by molar-refractivity contribution is -0.144. The van der Waals surface area contributed by atoms with Crippen LogP contribution in [0.3, 0.4) is 0 Å². The van der Waals surface area contributed by atoms with Gasteiger partial charge in [0.25, 0.3) is 0 Å². The summed E-state index contributed by atoms with van der Waals surface area (Å²) in [7, 11) is 0. The van der Waals surface area contributed by atoms with Gasteiger partial charge in [0, 0.05) is 12.3 Å². The van der Waals surface area contributed by atoms with Gasteiger partial charge in [0.05, 0.1) is 6.61 Å². The fourth-order valence-corrected chi connectivity index (χ4v) is 2.17. The zero-order chi connectivity index (χ0) is 15.1. The molecule has 2 aromatic carbocycles. The van der Waals surface area contributed by atoms with Crippen LogP contribution in [0.5, 0.6) is 0 Å². The average Bonchev–Trinajstić information content (AvgIpc) is 2.53. The van der Waals surface area contributed by atoms with Crippen molar-refractivity contribution in [1.29, 1.82) is 0 Å². The normalized spacial score (nSPS) is 11.9. The van der Waals surface area contributed by atoms with Crippen LogP contribution in [0.1, 0.15) is 36.0 Å². The summed E-state index contributed by atoms with van der Waals surface area (Å²) in [6.07, 6.45) is 1.17. The van der Waals surface area contributed by atoms with E-state index in [9.17, 15) is 4.79 Å². The summed E-state index contributed by atoms with van der Waals surface area (Å²) in [4.78, 5) is 11.8. The molecular formula is C19H22O2. The topological polar surface area (TPSA) is 26.3 Å². The Hall–Kier alpha value is -2.09. The molecule has 2 nitrogen and oxygen atoms in total. The summed E-state index contributed by atoms with van der Waals surface area (Å²) in [6.45, 7) is 4.57. The van der Waals surface area contributed by atoms with Gasteiger partial charge in [0.1, 0.15) is 0 Å². The highest BCUT2D eigenvalue weighted by Gasteiger charge is 2.09. The molecule has 0 fully saturated rings. The van der Waals surface area contributed by atoms with Crippen LogP contribution < -0.4 is 0 Å². The molecule has 0 saturated carbocycles. The predicted molar refractivity (Wildman–Crippen MR) is 85.3 cm³/mol. The van der Waals surface area contributed by atoms with Gasteiger partial charge >= 0.3 is 5.97 Å². The highest BCUT2D eigenvalue weighted by Crippen LogP contribution is 2.15. The van der Waals surface area contributed by atoms with Crippen molar-refractivity contribution >= 4 is 5.97 Å². The van der Waals surface area contributed by atoms with Crippen LogP contribution in [0, 0.1) is 6.92 Å². The number of hydrogen-bond acceptors (Lipinski definition) is 2. The molecule has 0 aliphatic rings. The first-order valence-corrected chi connectivity index (χ1v) is 7.41. The molecule has 0 radical (unpaired) electrons. The fraction of sp³-hybridized carbons (Fsp3) is 0.316. The van der Waals surface area contributed by atoms with Crippen LogP contribution in [0.2, 0.25) is 0 Å². The molecule has 1 atom stereocenters. The van der Waals surface area contributed by atoms with Crippen molar-refractivity contribution in [2.24, 2.45) is 0 Å². The van der Waals surface area contributed by atoms with E-state index in [2.05, 4.69) is 50.2 Å². The summed E-state index contributed by atoms with van der Waals surface area (Å²) in [6, 6.07) is 18.4. The zero-order valence-corrected chi connectivity index (χ0v) is 12.7. The second-order valence-electron chi connectivity index (χ2n) is 5.48. The van der Waals surface area contributed by atoms with Crippen molar-refractivity contribution in [3.05, 3.63) is 71.3 Å². The molecular weight excluding hydrogens is 260 g/mol. The van der Waals surface area contributed by atoms with Gasteiger partial charge in [-0.05, 0) is 24.5 Å². The van der Waals surface area contributed by atoms with Crippen LogP contribution in [0.25, 0.3) is 0 Å². The predicted octanol–water partition coefficient (Wildman–Crippen LogP) is 4.27. The van der Waals surface area contributed by atoms with E-state index in [0.29, 0.717) is 13.0 Å². The van der Waals surface area contributed by atoms with Crippen molar-refractivity contribution < 1.29 is 9.53 Å². The van der Waals surface area contributed by atoms with Crippen LogP contribution in [-0.2, 0) is 16.0 Å². The molecule has 21 heavy (non-hydrogen) atoms. The maximum absolute atomic E-state index is 11.8. The second-order valence-corrected chi connectivity index (χ2v) is 5.48. The largest absolute Gasteiger partial charge is 0.465 e. The number of aryl methyl sites for hydroxylation is 2. The third kappa shape index (κ3) is 5.07. The summed E-state index contributed by atoms with van der Waals surface area (Å²) in [5.74, 6) is 0.105. The monoisotopic (exact) mass is 282 g/mol. The quantitative estimate of drug-likeness (QED) is 0.739. The molecule has 0 aliphatic heterocycles. The van der Waals surface area contributed by atoms with Crippen LogP contribution in [0.15, 0.2) is 54.6 Å². The zero-order valence-electron chi connectivity index (χ0n) is 12.7. The van der Waals surface area contributed by atoms with Crippen molar-refractivity contribution in [3.63, 3.8) is 0 Å². The number of ether oxygens (including phenoxy) is 1.